The summed E-state index contributed by atoms with van der Waals surface area (Å²) in [6.07, 6.45) is 0. The van der Waals surface area contributed by atoms with Crippen LogP contribution in [0.3, 0.4) is 0 Å². The Labute approximate surface area is 157 Å². The number of benzene rings is 3. The fourth-order valence-corrected chi connectivity index (χ4v) is 4.37. The fourth-order valence-electron chi connectivity index (χ4n) is 4.37. The van der Waals surface area contributed by atoms with Crippen LogP contribution in [0.4, 0.5) is 5.69 Å². The first kappa shape index (κ1) is 14.7. The van der Waals surface area contributed by atoms with Crippen molar-refractivity contribution in [2.45, 2.75) is 13.0 Å². The molecule has 2 aliphatic rings. The number of aromatic nitrogens is 1. The number of anilines is 1. The quantitative estimate of drug-likeness (QED) is 0.511. The number of hydrogen-bond acceptors (Lipinski definition) is 3. The second-order valence-corrected chi connectivity index (χ2v) is 7.07. The first-order valence-corrected chi connectivity index (χ1v) is 9.17. The monoisotopic (exact) mass is 354 g/mol. The molecule has 1 unspecified atom stereocenters. The lowest BCUT2D eigenvalue weighted by molar-refractivity contribution is 0.174. The summed E-state index contributed by atoms with van der Waals surface area (Å²) in [6.45, 7) is 2.50. The van der Waals surface area contributed by atoms with Crippen molar-refractivity contribution in [3.05, 3.63) is 83.6 Å². The Balaban J connectivity index is 1.65. The van der Waals surface area contributed by atoms with E-state index in [1.165, 1.54) is 33.4 Å². The maximum Gasteiger partial charge on any atom is 0.231 e. The summed E-state index contributed by atoms with van der Waals surface area (Å²) >= 11 is 0. The van der Waals surface area contributed by atoms with Crippen LogP contribution in [0.2, 0.25) is 0 Å². The molecule has 0 radical (unpaired) electrons. The summed E-state index contributed by atoms with van der Waals surface area (Å²) < 4.78 is 13.5. The van der Waals surface area contributed by atoms with Crippen LogP contribution in [0, 0.1) is 6.92 Å². The molecule has 4 heteroatoms. The molecule has 0 saturated carbocycles. The number of rotatable bonds is 1. The van der Waals surface area contributed by atoms with Gasteiger partial charge >= 0.3 is 0 Å². The molecule has 0 saturated heterocycles. The predicted octanol–water partition coefficient (Wildman–Crippen LogP) is 5.18. The van der Waals surface area contributed by atoms with E-state index in [0.717, 1.165) is 17.2 Å². The van der Waals surface area contributed by atoms with Gasteiger partial charge in [-0.15, -0.1) is 0 Å². The van der Waals surface area contributed by atoms with Crippen LogP contribution < -0.4 is 14.8 Å². The van der Waals surface area contributed by atoms with Crippen molar-refractivity contribution in [3.8, 4) is 17.2 Å². The van der Waals surface area contributed by atoms with Crippen LogP contribution >= 0.6 is 0 Å². The van der Waals surface area contributed by atoms with Crippen molar-refractivity contribution < 1.29 is 9.47 Å². The van der Waals surface area contributed by atoms with Gasteiger partial charge < -0.3 is 19.4 Å². The van der Waals surface area contributed by atoms with Crippen molar-refractivity contribution in [2.24, 2.45) is 0 Å². The van der Waals surface area contributed by atoms with Gasteiger partial charge in [0, 0.05) is 5.39 Å². The normalized spacial score (nSPS) is 16.7. The summed E-state index contributed by atoms with van der Waals surface area (Å²) in [5, 5.41) is 5.03. The van der Waals surface area contributed by atoms with Crippen LogP contribution in [0.5, 0.6) is 11.5 Å². The molecule has 6 rings (SSSR count). The lowest BCUT2D eigenvalue weighted by atomic mass is 9.97. The molecule has 4 nitrogen and oxygen atoms in total. The third-order valence-corrected chi connectivity index (χ3v) is 5.62. The third-order valence-electron chi connectivity index (χ3n) is 5.62. The van der Waals surface area contributed by atoms with Gasteiger partial charge in [-0.05, 0) is 48.4 Å². The third kappa shape index (κ3) is 1.98. The molecule has 132 valence electrons. The van der Waals surface area contributed by atoms with Gasteiger partial charge in [0.2, 0.25) is 6.79 Å². The van der Waals surface area contributed by atoms with E-state index in [9.17, 15) is 0 Å². The molecule has 0 aliphatic carbocycles. The van der Waals surface area contributed by atoms with Crippen LogP contribution in [0.15, 0.2) is 66.7 Å². The Morgan fingerprint density at radius 2 is 1.74 bits per heavy atom. The van der Waals surface area contributed by atoms with Gasteiger partial charge in [-0.2, -0.15) is 0 Å². The maximum atomic E-state index is 5.62. The van der Waals surface area contributed by atoms with Gasteiger partial charge in [-0.1, -0.05) is 36.4 Å². The number of fused-ring (bicyclic) bond motifs is 6. The Kier molecular flexibility index (Phi) is 2.89. The Bertz CT molecular complexity index is 1210. The molecule has 1 atom stereocenters. The number of nitrogens with zero attached hydrogens (tertiary/aromatic N) is 1. The smallest absolute Gasteiger partial charge is 0.231 e. The zero-order valence-corrected chi connectivity index (χ0v) is 14.9. The average Bonchev–Trinajstić information content (AvgIpc) is 3.30. The van der Waals surface area contributed by atoms with E-state index in [0.29, 0.717) is 6.79 Å². The highest BCUT2D eigenvalue weighted by Gasteiger charge is 2.30. The van der Waals surface area contributed by atoms with Crippen LogP contribution in [0.25, 0.3) is 16.6 Å². The minimum atomic E-state index is 0.0433. The molecule has 0 fully saturated rings. The lowest BCUT2D eigenvalue weighted by Crippen LogP contribution is -2.23. The van der Waals surface area contributed by atoms with E-state index in [-0.39, 0.29) is 6.04 Å². The van der Waals surface area contributed by atoms with E-state index >= 15 is 0 Å². The van der Waals surface area contributed by atoms with E-state index < -0.39 is 0 Å². The van der Waals surface area contributed by atoms with Gasteiger partial charge in [0.1, 0.15) is 0 Å². The van der Waals surface area contributed by atoms with E-state index in [4.69, 9.17) is 9.47 Å². The van der Waals surface area contributed by atoms with Gasteiger partial charge in [0.05, 0.1) is 28.6 Å². The molecule has 3 aromatic carbocycles. The highest BCUT2D eigenvalue weighted by Crippen LogP contribution is 2.44. The second-order valence-electron chi connectivity index (χ2n) is 7.07. The predicted molar refractivity (Wildman–Crippen MR) is 106 cm³/mol. The molecular weight excluding hydrogens is 336 g/mol. The molecule has 0 spiro atoms. The zero-order chi connectivity index (χ0) is 18.0. The topological polar surface area (TPSA) is 35.4 Å². The molecule has 27 heavy (non-hydrogen) atoms. The van der Waals surface area contributed by atoms with Crippen molar-refractivity contribution >= 4 is 16.6 Å². The van der Waals surface area contributed by atoms with Gasteiger partial charge in [-0.3, -0.25) is 0 Å². The fraction of sp³-hybridized carbons (Fsp3) is 0.130. The Morgan fingerprint density at radius 1 is 0.926 bits per heavy atom. The first-order chi connectivity index (χ1) is 13.3. The highest BCUT2D eigenvalue weighted by molar-refractivity contribution is 5.90. The minimum absolute atomic E-state index is 0.0433. The standard InChI is InChI=1S/C23H18N2O2/c1-14-16-6-2-4-8-18(16)25-19-9-5-3-7-17(19)24-22(23(14)25)15-10-11-20-21(12-15)27-13-26-20/h2-12,22,24H,13H2,1H3. The number of para-hydroxylation sites is 3. The molecule has 2 aliphatic heterocycles. The van der Waals surface area contributed by atoms with Crippen LogP contribution in [-0.2, 0) is 0 Å². The number of aryl methyl sites for hydroxylation is 1. The zero-order valence-electron chi connectivity index (χ0n) is 14.9. The summed E-state index contributed by atoms with van der Waals surface area (Å²) in [5.74, 6) is 1.63. The van der Waals surface area contributed by atoms with E-state index in [2.05, 4.69) is 77.5 Å². The maximum absolute atomic E-state index is 5.62. The molecule has 0 bridgehead atoms. The van der Waals surface area contributed by atoms with Crippen LogP contribution in [-0.4, -0.2) is 11.4 Å². The number of hydrogen-bond donors (Lipinski definition) is 1. The van der Waals surface area contributed by atoms with E-state index in [1.807, 2.05) is 6.07 Å². The average molecular weight is 354 g/mol. The Morgan fingerprint density at radius 3 is 2.70 bits per heavy atom. The summed E-state index contributed by atoms with van der Waals surface area (Å²) in [4.78, 5) is 0. The van der Waals surface area contributed by atoms with Gasteiger partial charge in [0.15, 0.2) is 11.5 Å². The van der Waals surface area contributed by atoms with E-state index in [1.54, 1.807) is 0 Å². The molecule has 1 aromatic heterocycles. The van der Waals surface area contributed by atoms with Crippen molar-refractivity contribution in [3.63, 3.8) is 0 Å². The SMILES string of the molecule is Cc1c2n(c3ccccc13)-c1ccccc1NC2c1ccc2c(c1)OCO2. The minimum Gasteiger partial charge on any atom is -0.454 e. The molecular formula is C23H18N2O2. The van der Waals surface area contributed by atoms with Crippen molar-refractivity contribution in [2.75, 3.05) is 12.1 Å². The summed E-state index contributed by atoms with van der Waals surface area (Å²) in [7, 11) is 0. The van der Waals surface area contributed by atoms with Crippen molar-refractivity contribution in [1.29, 1.82) is 0 Å². The first-order valence-electron chi connectivity index (χ1n) is 9.17. The second kappa shape index (κ2) is 5.30. The largest absolute Gasteiger partial charge is 0.454 e. The number of ether oxygens (including phenoxy) is 2. The summed E-state index contributed by atoms with van der Waals surface area (Å²) in [5.41, 5.74) is 7.30. The highest BCUT2D eigenvalue weighted by atomic mass is 16.7. The molecule has 0 amide bonds. The molecule has 4 aromatic rings. The molecule has 1 N–H and O–H groups in total. The van der Waals surface area contributed by atoms with Crippen LogP contribution in [0.1, 0.15) is 22.9 Å². The number of nitrogens with one attached hydrogen (secondary N) is 1. The van der Waals surface area contributed by atoms with Gasteiger partial charge in [0.25, 0.3) is 0 Å². The Hall–Kier alpha value is -3.40. The lowest BCUT2D eigenvalue weighted by Gasteiger charge is -2.31. The van der Waals surface area contributed by atoms with Crippen molar-refractivity contribution in [1.82, 2.24) is 4.57 Å². The summed E-state index contributed by atoms with van der Waals surface area (Å²) in [6, 6.07) is 23.4. The van der Waals surface area contributed by atoms with Gasteiger partial charge in [-0.25, -0.2) is 0 Å². The molecule has 3 heterocycles.